The maximum absolute atomic E-state index is 9.61. The molecule has 0 bridgehead atoms. The third kappa shape index (κ3) is 4.43. The summed E-state index contributed by atoms with van der Waals surface area (Å²) in [5.74, 6) is 0.509. The molecule has 14 heavy (non-hydrogen) atoms. The molecule has 1 fully saturated rings. The van der Waals surface area contributed by atoms with Crippen molar-refractivity contribution in [3.8, 4) is 0 Å². The van der Waals surface area contributed by atoms with Gasteiger partial charge in [0, 0.05) is 6.54 Å². The van der Waals surface area contributed by atoms with Crippen molar-refractivity contribution in [2.24, 2.45) is 11.3 Å². The molecule has 84 valence electrons. The molecule has 0 aromatic rings. The second-order valence-corrected chi connectivity index (χ2v) is 5.77. The molecule has 1 saturated carbocycles. The summed E-state index contributed by atoms with van der Waals surface area (Å²) in [6.45, 7) is 8.86. The van der Waals surface area contributed by atoms with Crippen molar-refractivity contribution in [1.82, 2.24) is 5.32 Å². The molecule has 2 unspecified atom stereocenters. The first-order chi connectivity index (χ1) is 6.49. The van der Waals surface area contributed by atoms with Gasteiger partial charge in [0.15, 0.2) is 0 Å². The normalized spacial score (nSPS) is 28.3. The molecule has 0 aromatic heterocycles. The molecule has 2 atom stereocenters. The highest BCUT2D eigenvalue weighted by molar-refractivity contribution is 4.78. The molecule has 2 N–H and O–H groups in total. The van der Waals surface area contributed by atoms with Crippen LogP contribution < -0.4 is 5.32 Å². The van der Waals surface area contributed by atoms with E-state index < -0.39 is 0 Å². The lowest BCUT2D eigenvalue weighted by molar-refractivity contribution is 0.131. The maximum atomic E-state index is 9.61. The first-order valence-corrected chi connectivity index (χ1v) is 5.88. The Kier molecular flexibility index (Phi) is 4.39. The Balaban J connectivity index is 2.04. The van der Waals surface area contributed by atoms with Gasteiger partial charge in [0.05, 0.1) is 6.10 Å². The first-order valence-electron chi connectivity index (χ1n) is 5.88. The molecule has 2 heteroatoms. The maximum Gasteiger partial charge on any atom is 0.0580 e. The number of rotatable bonds is 4. The number of nitrogens with one attached hydrogen (secondary N) is 1. The Morgan fingerprint density at radius 1 is 1.29 bits per heavy atom. The van der Waals surface area contributed by atoms with E-state index in [1.807, 2.05) is 0 Å². The van der Waals surface area contributed by atoms with Crippen molar-refractivity contribution in [2.45, 2.75) is 52.6 Å². The third-order valence-corrected chi connectivity index (χ3v) is 3.08. The molecule has 0 radical (unpaired) electrons. The number of aliphatic hydroxyl groups is 1. The molecular formula is C12H25NO. The fourth-order valence-corrected chi connectivity index (χ4v) is 2.01. The summed E-state index contributed by atoms with van der Waals surface area (Å²) in [5, 5.41) is 13.1. The van der Waals surface area contributed by atoms with Gasteiger partial charge >= 0.3 is 0 Å². The second kappa shape index (κ2) is 5.13. The quantitative estimate of drug-likeness (QED) is 0.680. The van der Waals surface area contributed by atoms with E-state index in [4.69, 9.17) is 0 Å². The van der Waals surface area contributed by atoms with Crippen LogP contribution in [0.1, 0.15) is 46.5 Å². The van der Waals surface area contributed by atoms with E-state index in [-0.39, 0.29) is 6.10 Å². The Morgan fingerprint density at radius 3 is 2.50 bits per heavy atom. The molecule has 0 heterocycles. The number of hydrogen-bond donors (Lipinski definition) is 2. The van der Waals surface area contributed by atoms with Gasteiger partial charge in [0.1, 0.15) is 0 Å². The zero-order valence-electron chi connectivity index (χ0n) is 9.84. The molecule has 0 saturated heterocycles. The van der Waals surface area contributed by atoms with Crippen molar-refractivity contribution < 1.29 is 5.11 Å². The van der Waals surface area contributed by atoms with Gasteiger partial charge < -0.3 is 10.4 Å². The summed E-state index contributed by atoms with van der Waals surface area (Å²) in [7, 11) is 0. The lowest BCUT2D eigenvalue weighted by atomic mass is 9.92. The summed E-state index contributed by atoms with van der Waals surface area (Å²) in [6.07, 6.45) is 4.56. The van der Waals surface area contributed by atoms with Crippen molar-refractivity contribution in [1.29, 1.82) is 0 Å². The summed E-state index contributed by atoms with van der Waals surface area (Å²) >= 11 is 0. The van der Waals surface area contributed by atoms with Crippen LogP contribution in [-0.4, -0.2) is 24.3 Å². The van der Waals surface area contributed by atoms with E-state index in [0.717, 1.165) is 19.5 Å². The highest BCUT2D eigenvalue weighted by atomic mass is 16.3. The summed E-state index contributed by atoms with van der Waals surface area (Å²) in [6, 6.07) is 0. The Bertz CT molecular complexity index is 162. The third-order valence-electron chi connectivity index (χ3n) is 3.08. The lowest BCUT2D eigenvalue weighted by Crippen LogP contribution is -2.29. The number of aliphatic hydroxyl groups excluding tert-OH is 1. The van der Waals surface area contributed by atoms with E-state index in [2.05, 4.69) is 26.1 Å². The molecular weight excluding hydrogens is 174 g/mol. The molecule has 1 aliphatic carbocycles. The van der Waals surface area contributed by atoms with E-state index in [1.165, 1.54) is 19.3 Å². The van der Waals surface area contributed by atoms with Gasteiger partial charge in [-0.15, -0.1) is 0 Å². The summed E-state index contributed by atoms with van der Waals surface area (Å²) in [5.41, 5.74) is 0.418. The fourth-order valence-electron chi connectivity index (χ4n) is 2.01. The topological polar surface area (TPSA) is 32.3 Å². The van der Waals surface area contributed by atoms with Crippen molar-refractivity contribution >= 4 is 0 Å². The summed E-state index contributed by atoms with van der Waals surface area (Å²) < 4.78 is 0. The van der Waals surface area contributed by atoms with Crippen molar-refractivity contribution in [3.63, 3.8) is 0 Å². The van der Waals surface area contributed by atoms with E-state index in [0.29, 0.717) is 11.3 Å². The predicted molar refractivity (Wildman–Crippen MR) is 60.3 cm³/mol. The standard InChI is InChI=1S/C12H25NO/c1-12(2,3)7-8-13-9-10-5-4-6-11(10)14/h10-11,13-14H,4-9H2,1-3H3. The van der Waals surface area contributed by atoms with Gasteiger partial charge in [-0.2, -0.15) is 0 Å². The highest BCUT2D eigenvalue weighted by Gasteiger charge is 2.24. The molecule has 0 amide bonds. The molecule has 0 aliphatic heterocycles. The minimum absolute atomic E-state index is 0.0443. The van der Waals surface area contributed by atoms with Crippen LogP contribution in [0.4, 0.5) is 0 Å². The minimum atomic E-state index is -0.0443. The van der Waals surface area contributed by atoms with Crippen LogP contribution in [0.5, 0.6) is 0 Å². The Hall–Kier alpha value is -0.0800. The van der Waals surface area contributed by atoms with Gasteiger partial charge in [-0.25, -0.2) is 0 Å². The second-order valence-electron chi connectivity index (χ2n) is 5.77. The van der Waals surface area contributed by atoms with Gasteiger partial charge in [0.25, 0.3) is 0 Å². The van der Waals surface area contributed by atoms with Crippen LogP contribution in [0.2, 0.25) is 0 Å². The average molecular weight is 199 g/mol. The SMILES string of the molecule is CC(C)(C)CCNCC1CCCC1O. The van der Waals surface area contributed by atoms with Crippen LogP contribution in [0.15, 0.2) is 0 Å². The Morgan fingerprint density at radius 2 is 2.00 bits per heavy atom. The highest BCUT2D eigenvalue weighted by Crippen LogP contribution is 2.24. The fraction of sp³-hybridized carbons (Fsp3) is 1.00. The van der Waals surface area contributed by atoms with Crippen LogP contribution in [0.25, 0.3) is 0 Å². The van der Waals surface area contributed by atoms with Crippen molar-refractivity contribution in [2.75, 3.05) is 13.1 Å². The van der Waals surface area contributed by atoms with Crippen LogP contribution in [-0.2, 0) is 0 Å². The largest absolute Gasteiger partial charge is 0.393 e. The first kappa shape index (κ1) is 12.0. The van der Waals surface area contributed by atoms with Gasteiger partial charge in [-0.3, -0.25) is 0 Å². The van der Waals surface area contributed by atoms with E-state index in [1.54, 1.807) is 0 Å². The van der Waals surface area contributed by atoms with Crippen LogP contribution >= 0.6 is 0 Å². The monoisotopic (exact) mass is 199 g/mol. The molecule has 0 spiro atoms. The zero-order chi connectivity index (χ0) is 10.6. The number of hydrogen-bond acceptors (Lipinski definition) is 2. The van der Waals surface area contributed by atoms with Crippen LogP contribution in [0, 0.1) is 11.3 Å². The summed E-state index contributed by atoms with van der Waals surface area (Å²) in [4.78, 5) is 0. The Labute approximate surface area is 88.1 Å². The average Bonchev–Trinajstić information content (AvgIpc) is 2.44. The molecule has 2 nitrogen and oxygen atoms in total. The van der Waals surface area contributed by atoms with E-state index in [9.17, 15) is 5.11 Å². The van der Waals surface area contributed by atoms with Gasteiger partial charge in [-0.05, 0) is 37.1 Å². The van der Waals surface area contributed by atoms with E-state index >= 15 is 0 Å². The van der Waals surface area contributed by atoms with Gasteiger partial charge in [0.2, 0.25) is 0 Å². The predicted octanol–water partition coefficient (Wildman–Crippen LogP) is 2.17. The van der Waals surface area contributed by atoms with Crippen LogP contribution in [0.3, 0.4) is 0 Å². The van der Waals surface area contributed by atoms with Crippen molar-refractivity contribution in [3.05, 3.63) is 0 Å². The van der Waals surface area contributed by atoms with Gasteiger partial charge in [-0.1, -0.05) is 27.2 Å². The molecule has 1 aliphatic rings. The zero-order valence-corrected chi connectivity index (χ0v) is 9.84. The minimum Gasteiger partial charge on any atom is -0.393 e. The molecule has 0 aromatic carbocycles. The molecule has 1 rings (SSSR count). The lowest BCUT2D eigenvalue weighted by Gasteiger charge is -2.20. The smallest absolute Gasteiger partial charge is 0.0580 e.